The van der Waals surface area contributed by atoms with Crippen LogP contribution in [0.25, 0.3) is 0 Å². The molecular formula is C31H38ClN3O6S. The quantitative estimate of drug-likeness (QED) is 0.265. The zero-order valence-electron chi connectivity index (χ0n) is 24.5. The van der Waals surface area contributed by atoms with Crippen LogP contribution in [0.1, 0.15) is 39.7 Å². The molecule has 1 atom stereocenters. The second-order valence-electron chi connectivity index (χ2n) is 9.85. The van der Waals surface area contributed by atoms with Crippen LogP contribution in [-0.2, 0) is 26.2 Å². The molecular weight excluding hydrogens is 578 g/mol. The van der Waals surface area contributed by atoms with E-state index < -0.39 is 28.5 Å². The average molecular weight is 616 g/mol. The van der Waals surface area contributed by atoms with Gasteiger partial charge in [-0.3, -0.25) is 13.9 Å². The number of nitrogens with one attached hydrogen (secondary N) is 1. The number of hydrogen-bond donors (Lipinski definition) is 1. The molecule has 0 saturated heterocycles. The van der Waals surface area contributed by atoms with Crippen LogP contribution in [0.15, 0.2) is 77.7 Å². The molecule has 2 amide bonds. The SMILES string of the molecule is CCOc1ccc(N(CC(=O)N(Cc2ccc(OC)cc2)C(CC)C(=O)NC(C)C)S(=O)(=O)c2ccc(Cl)cc2)cc1. The number of sulfonamides is 1. The molecule has 1 unspecified atom stereocenters. The lowest BCUT2D eigenvalue weighted by Gasteiger charge is -2.33. The molecule has 3 aromatic carbocycles. The molecule has 0 aliphatic carbocycles. The highest BCUT2D eigenvalue weighted by Crippen LogP contribution is 2.28. The largest absolute Gasteiger partial charge is 0.497 e. The number of amides is 2. The van der Waals surface area contributed by atoms with Gasteiger partial charge in [-0.05, 0) is 93.4 Å². The number of benzene rings is 3. The molecule has 3 rings (SSSR count). The minimum atomic E-state index is -4.21. The van der Waals surface area contributed by atoms with Crippen molar-refractivity contribution in [2.24, 2.45) is 0 Å². The van der Waals surface area contributed by atoms with E-state index in [2.05, 4.69) is 5.32 Å². The molecule has 0 aliphatic rings. The van der Waals surface area contributed by atoms with E-state index in [1.807, 2.05) is 27.7 Å². The molecule has 1 N–H and O–H groups in total. The number of ether oxygens (including phenoxy) is 2. The summed E-state index contributed by atoms with van der Waals surface area (Å²) >= 11 is 6.01. The van der Waals surface area contributed by atoms with Crippen LogP contribution in [0.2, 0.25) is 5.02 Å². The minimum Gasteiger partial charge on any atom is -0.497 e. The first kappa shape index (κ1) is 32.8. The summed E-state index contributed by atoms with van der Waals surface area (Å²) in [4.78, 5) is 28.8. The topological polar surface area (TPSA) is 105 Å². The molecule has 3 aromatic rings. The number of anilines is 1. The number of carbonyl (C=O) groups is 2. The van der Waals surface area contributed by atoms with Gasteiger partial charge in [0.2, 0.25) is 11.8 Å². The van der Waals surface area contributed by atoms with E-state index in [1.165, 1.54) is 29.2 Å². The van der Waals surface area contributed by atoms with Crippen molar-refractivity contribution in [3.05, 3.63) is 83.4 Å². The molecule has 0 bridgehead atoms. The Labute approximate surface area is 253 Å². The highest BCUT2D eigenvalue weighted by atomic mass is 35.5. The maximum atomic E-state index is 14.1. The molecule has 0 spiro atoms. The molecule has 0 fully saturated rings. The monoisotopic (exact) mass is 615 g/mol. The number of methoxy groups -OCH3 is 1. The third-order valence-corrected chi connectivity index (χ3v) is 8.49. The molecule has 0 saturated carbocycles. The Morgan fingerprint density at radius 3 is 2.02 bits per heavy atom. The summed E-state index contributed by atoms with van der Waals surface area (Å²) in [6.07, 6.45) is 0.327. The van der Waals surface area contributed by atoms with Crippen LogP contribution in [0.5, 0.6) is 11.5 Å². The van der Waals surface area contributed by atoms with Gasteiger partial charge in [0.15, 0.2) is 0 Å². The van der Waals surface area contributed by atoms with Crippen molar-refractivity contribution in [1.82, 2.24) is 10.2 Å². The normalized spacial score (nSPS) is 12.0. The first-order valence-corrected chi connectivity index (χ1v) is 15.6. The second kappa shape index (κ2) is 14.9. The van der Waals surface area contributed by atoms with Crippen molar-refractivity contribution in [2.75, 3.05) is 24.6 Å². The van der Waals surface area contributed by atoms with Gasteiger partial charge >= 0.3 is 0 Å². The Hall–Kier alpha value is -3.76. The van der Waals surface area contributed by atoms with Crippen molar-refractivity contribution in [2.45, 2.75) is 57.6 Å². The van der Waals surface area contributed by atoms with E-state index in [4.69, 9.17) is 21.1 Å². The number of hydrogen-bond acceptors (Lipinski definition) is 6. The van der Waals surface area contributed by atoms with Crippen LogP contribution in [0.3, 0.4) is 0 Å². The van der Waals surface area contributed by atoms with Crippen LogP contribution in [0, 0.1) is 0 Å². The zero-order chi connectivity index (χ0) is 30.9. The van der Waals surface area contributed by atoms with Gasteiger partial charge < -0.3 is 19.7 Å². The van der Waals surface area contributed by atoms with Gasteiger partial charge in [-0.1, -0.05) is 30.7 Å². The summed E-state index contributed by atoms with van der Waals surface area (Å²) in [6.45, 7) is 7.33. The van der Waals surface area contributed by atoms with Crippen LogP contribution in [-0.4, -0.2) is 57.5 Å². The number of carbonyl (C=O) groups excluding carboxylic acids is 2. The average Bonchev–Trinajstić information content (AvgIpc) is 2.96. The van der Waals surface area contributed by atoms with Crippen LogP contribution in [0.4, 0.5) is 5.69 Å². The Kier molecular flexibility index (Phi) is 11.6. The number of nitrogens with zero attached hydrogens (tertiary/aromatic N) is 2. The van der Waals surface area contributed by atoms with Gasteiger partial charge in [-0.15, -0.1) is 0 Å². The predicted molar refractivity (Wildman–Crippen MR) is 164 cm³/mol. The third-order valence-electron chi connectivity index (χ3n) is 6.45. The molecule has 9 nitrogen and oxygen atoms in total. The van der Waals surface area contributed by atoms with Crippen LogP contribution >= 0.6 is 11.6 Å². The summed E-state index contributed by atoms with van der Waals surface area (Å²) in [6, 6.07) is 18.4. The predicted octanol–water partition coefficient (Wildman–Crippen LogP) is 5.27. The van der Waals surface area contributed by atoms with Gasteiger partial charge in [-0.25, -0.2) is 8.42 Å². The summed E-state index contributed by atoms with van der Waals surface area (Å²) < 4.78 is 39.7. The highest BCUT2D eigenvalue weighted by molar-refractivity contribution is 7.92. The molecule has 42 heavy (non-hydrogen) atoms. The van der Waals surface area contributed by atoms with Crippen molar-refractivity contribution in [3.8, 4) is 11.5 Å². The van der Waals surface area contributed by atoms with E-state index in [9.17, 15) is 18.0 Å². The van der Waals surface area contributed by atoms with Crippen molar-refractivity contribution in [1.29, 1.82) is 0 Å². The van der Waals surface area contributed by atoms with Gasteiger partial charge in [0, 0.05) is 17.6 Å². The lowest BCUT2D eigenvalue weighted by molar-refractivity contribution is -0.140. The molecule has 226 valence electrons. The Morgan fingerprint density at radius 1 is 0.905 bits per heavy atom. The fraction of sp³-hybridized carbons (Fsp3) is 0.355. The number of rotatable bonds is 14. The zero-order valence-corrected chi connectivity index (χ0v) is 26.1. The third kappa shape index (κ3) is 8.39. The first-order chi connectivity index (χ1) is 20.0. The van der Waals surface area contributed by atoms with E-state index in [1.54, 1.807) is 55.6 Å². The second-order valence-corrected chi connectivity index (χ2v) is 12.1. The minimum absolute atomic E-state index is 0.0279. The lowest BCUT2D eigenvalue weighted by Crippen LogP contribution is -2.53. The summed E-state index contributed by atoms with van der Waals surface area (Å²) in [5.41, 5.74) is 1.03. The summed E-state index contributed by atoms with van der Waals surface area (Å²) in [5.74, 6) is 0.358. The van der Waals surface area contributed by atoms with E-state index in [-0.39, 0.29) is 29.1 Å². The van der Waals surface area contributed by atoms with Gasteiger partial charge in [0.1, 0.15) is 24.1 Å². The fourth-order valence-corrected chi connectivity index (χ4v) is 5.91. The van der Waals surface area contributed by atoms with Crippen molar-refractivity contribution >= 4 is 39.1 Å². The lowest BCUT2D eigenvalue weighted by atomic mass is 10.1. The van der Waals surface area contributed by atoms with E-state index in [0.717, 1.165) is 9.87 Å². The maximum absolute atomic E-state index is 14.1. The first-order valence-electron chi connectivity index (χ1n) is 13.7. The molecule has 0 radical (unpaired) electrons. The van der Waals surface area contributed by atoms with Gasteiger partial charge in [0.05, 0.1) is 24.3 Å². The standard InChI is InChI=1S/C31H38ClN3O6S/c1-6-29(31(37)33-22(3)4)34(20-23-8-14-26(40-5)15-9-23)30(36)21-35(25-12-16-27(17-13-25)41-7-2)42(38,39)28-18-10-24(32)11-19-28/h8-19,22,29H,6-7,20-21H2,1-5H3,(H,33,37). The molecule has 0 aliphatic heterocycles. The van der Waals surface area contributed by atoms with Crippen LogP contribution < -0.4 is 19.1 Å². The summed E-state index contributed by atoms with van der Waals surface area (Å²) in [7, 11) is -2.65. The highest BCUT2D eigenvalue weighted by Gasteiger charge is 2.34. The Balaban J connectivity index is 2.06. The maximum Gasteiger partial charge on any atom is 0.264 e. The Morgan fingerprint density at radius 2 is 1.50 bits per heavy atom. The van der Waals surface area contributed by atoms with Crippen molar-refractivity contribution < 1.29 is 27.5 Å². The van der Waals surface area contributed by atoms with E-state index in [0.29, 0.717) is 29.5 Å². The smallest absolute Gasteiger partial charge is 0.264 e. The van der Waals surface area contributed by atoms with Gasteiger partial charge in [-0.2, -0.15) is 0 Å². The van der Waals surface area contributed by atoms with Crippen molar-refractivity contribution in [3.63, 3.8) is 0 Å². The molecule has 0 heterocycles. The van der Waals surface area contributed by atoms with Gasteiger partial charge in [0.25, 0.3) is 10.0 Å². The molecule has 0 aromatic heterocycles. The summed E-state index contributed by atoms with van der Waals surface area (Å²) in [5, 5.41) is 3.27. The van der Waals surface area contributed by atoms with E-state index >= 15 is 0 Å². The fourth-order valence-electron chi connectivity index (χ4n) is 4.37. The number of halogens is 1. The Bertz CT molecular complexity index is 1430. The molecule has 11 heteroatoms.